The van der Waals surface area contributed by atoms with Crippen molar-refractivity contribution in [2.45, 2.75) is 31.3 Å². The van der Waals surface area contributed by atoms with Gasteiger partial charge in [-0.3, -0.25) is 4.79 Å². The lowest BCUT2D eigenvalue weighted by Gasteiger charge is -2.36. The van der Waals surface area contributed by atoms with Crippen molar-refractivity contribution < 1.29 is 4.79 Å². The van der Waals surface area contributed by atoms with Crippen LogP contribution < -0.4 is 11.1 Å². The molecule has 3 nitrogen and oxygen atoms in total. The maximum absolute atomic E-state index is 12.1. The molecule has 0 atom stereocenters. The molecule has 0 aromatic heterocycles. The summed E-state index contributed by atoms with van der Waals surface area (Å²) in [7, 11) is 0. The van der Waals surface area contributed by atoms with Gasteiger partial charge < -0.3 is 11.1 Å². The van der Waals surface area contributed by atoms with Gasteiger partial charge in [0.25, 0.3) is 5.91 Å². The molecule has 0 spiro atoms. The zero-order chi connectivity index (χ0) is 14.7. The van der Waals surface area contributed by atoms with Gasteiger partial charge >= 0.3 is 0 Å². The molecule has 1 saturated carbocycles. The van der Waals surface area contributed by atoms with Gasteiger partial charge in [-0.05, 0) is 42.0 Å². The standard InChI is InChI=1S/C18H20N2O.ClH/c19-12-13-6-8-15(9-7-13)18(21)20-17-10-16(11-17)14-4-2-1-3-5-14;/h1-9,16-17H,10-12,19H2,(H,20,21);1H. The molecular formula is C18H21ClN2O. The van der Waals surface area contributed by atoms with E-state index in [2.05, 4.69) is 29.6 Å². The molecule has 1 fully saturated rings. The third-order valence-electron chi connectivity index (χ3n) is 4.20. The molecule has 116 valence electrons. The second kappa shape index (κ2) is 7.43. The van der Waals surface area contributed by atoms with Crippen molar-refractivity contribution in [1.29, 1.82) is 0 Å². The lowest BCUT2D eigenvalue weighted by Crippen LogP contribution is -2.43. The molecule has 0 bridgehead atoms. The van der Waals surface area contributed by atoms with E-state index in [1.165, 1.54) is 5.56 Å². The molecule has 2 aromatic carbocycles. The smallest absolute Gasteiger partial charge is 0.251 e. The maximum Gasteiger partial charge on any atom is 0.251 e. The Morgan fingerprint density at radius 1 is 1.05 bits per heavy atom. The average molecular weight is 317 g/mol. The number of carbonyl (C=O) groups excluding carboxylic acids is 1. The van der Waals surface area contributed by atoms with E-state index >= 15 is 0 Å². The summed E-state index contributed by atoms with van der Waals surface area (Å²) in [4.78, 5) is 12.1. The quantitative estimate of drug-likeness (QED) is 0.909. The molecule has 0 heterocycles. The van der Waals surface area contributed by atoms with Gasteiger partial charge in [0.15, 0.2) is 0 Å². The summed E-state index contributed by atoms with van der Waals surface area (Å²) in [6.07, 6.45) is 2.05. The zero-order valence-corrected chi connectivity index (χ0v) is 13.2. The summed E-state index contributed by atoms with van der Waals surface area (Å²) in [6, 6.07) is 18.3. The minimum Gasteiger partial charge on any atom is -0.349 e. The lowest BCUT2D eigenvalue weighted by molar-refractivity contribution is 0.0909. The number of amides is 1. The van der Waals surface area contributed by atoms with Gasteiger partial charge in [0.1, 0.15) is 0 Å². The van der Waals surface area contributed by atoms with Crippen LogP contribution in [0.25, 0.3) is 0 Å². The minimum absolute atomic E-state index is 0. The molecule has 0 saturated heterocycles. The number of benzene rings is 2. The number of carbonyl (C=O) groups is 1. The first-order valence-corrected chi connectivity index (χ1v) is 7.41. The Morgan fingerprint density at radius 2 is 1.68 bits per heavy atom. The van der Waals surface area contributed by atoms with Gasteiger partial charge in [-0.15, -0.1) is 12.4 Å². The molecule has 22 heavy (non-hydrogen) atoms. The Hall–Kier alpha value is -1.84. The summed E-state index contributed by atoms with van der Waals surface area (Å²) < 4.78 is 0. The SMILES string of the molecule is Cl.NCc1ccc(C(=O)NC2CC(c3ccccc3)C2)cc1. The average Bonchev–Trinajstić information content (AvgIpc) is 2.51. The first-order chi connectivity index (χ1) is 10.3. The lowest BCUT2D eigenvalue weighted by atomic mass is 9.76. The van der Waals surface area contributed by atoms with Crippen molar-refractivity contribution in [2.75, 3.05) is 0 Å². The number of nitrogens with one attached hydrogen (secondary N) is 1. The highest BCUT2D eigenvalue weighted by Gasteiger charge is 2.31. The molecular weight excluding hydrogens is 296 g/mol. The Morgan fingerprint density at radius 3 is 2.27 bits per heavy atom. The van der Waals surface area contributed by atoms with Crippen LogP contribution in [-0.4, -0.2) is 11.9 Å². The van der Waals surface area contributed by atoms with Crippen molar-refractivity contribution in [1.82, 2.24) is 5.32 Å². The van der Waals surface area contributed by atoms with Crippen molar-refractivity contribution >= 4 is 18.3 Å². The van der Waals surface area contributed by atoms with Gasteiger partial charge in [-0.25, -0.2) is 0 Å². The van der Waals surface area contributed by atoms with Crippen molar-refractivity contribution in [3.63, 3.8) is 0 Å². The zero-order valence-electron chi connectivity index (χ0n) is 12.4. The van der Waals surface area contributed by atoms with E-state index in [0.717, 1.165) is 18.4 Å². The van der Waals surface area contributed by atoms with Gasteiger partial charge in [0.2, 0.25) is 0 Å². The monoisotopic (exact) mass is 316 g/mol. The van der Waals surface area contributed by atoms with Crippen LogP contribution in [0.15, 0.2) is 54.6 Å². The maximum atomic E-state index is 12.1. The highest BCUT2D eigenvalue weighted by Crippen LogP contribution is 2.36. The van der Waals surface area contributed by atoms with Crippen LogP contribution in [0.1, 0.15) is 40.2 Å². The Balaban J connectivity index is 0.00000176. The summed E-state index contributed by atoms with van der Waals surface area (Å²) in [6.45, 7) is 0.503. The first kappa shape index (κ1) is 16.5. The van der Waals surface area contributed by atoms with Gasteiger partial charge in [0, 0.05) is 18.2 Å². The van der Waals surface area contributed by atoms with Crippen molar-refractivity contribution in [2.24, 2.45) is 5.73 Å². The summed E-state index contributed by atoms with van der Waals surface area (Å²) in [5.74, 6) is 0.589. The molecule has 4 heteroatoms. The topological polar surface area (TPSA) is 55.1 Å². The summed E-state index contributed by atoms with van der Waals surface area (Å²) in [5.41, 5.74) is 8.67. The van der Waals surface area contributed by atoms with Gasteiger partial charge in [-0.1, -0.05) is 42.5 Å². The Kier molecular flexibility index (Phi) is 5.58. The van der Waals surface area contributed by atoms with Crippen molar-refractivity contribution in [3.05, 3.63) is 71.3 Å². The summed E-state index contributed by atoms with van der Waals surface area (Å²) in [5, 5.41) is 3.10. The predicted octanol–water partition coefficient (Wildman–Crippen LogP) is 3.24. The van der Waals surface area contributed by atoms with Gasteiger partial charge in [0.05, 0.1) is 0 Å². The third kappa shape index (κ3) is 3.67. The largest absolute Gasteiger partial charge is 0.349 e. The first-order valence-electron chi connectivity index (χ1n) is 7.41. The van der Waals surface area contributed by atoms with Crippen LogP contribution >= 0.6 is 12.4 Å². The van der Waals surface area contributed by atoms with E-state index < -0.39 is 0 Å². The van der Waals surface area contributed by atoms with E-state index in [-0.39, 0.29) is 24.4 Å². The van der Waals surface area contributed by atoms with Crippen LogP contribution in [0.2, 0.25) is 0 Å². The minimum atomic E-state index is 0. The van der Waals surface area contributed by atoms with Crippen LogP contribution in [0.4, 0.5) is 0 Å². The molecule has 2 aromatic rings. The Labute approximate surface area is 137 Å². The van der Waals surface area contributed by atoms with Crippen LogP contribution in [0.5, 0.6) is 0 Å². The molecule has 1 amide bonds. The number of hydrogen-bond acceptors (Lipinski definition) is 2. The van der Waals surface area contributed by atoms with E-state index in [9.17, 15) is 4.79 Å². The van der Waals surface area contributed by atoms with Crippen LogP contribution in [0.3, 0.4) is 0 Å². The molecule has 3 N–H and O–H groups in total. The van der Waals surface area contributed by atoms with Crippen LogP contribution in [0, 0.1) is 0 Å². The number of halogens is 1. The fourth-order valence-electron chi connectivity index (χ4n) is 2.79. The predicted molar refractivity (Wildman–Crippen MR) is 91.3 cm³/mol. The highest BCUT2D eigenvalue weighted by molar-refractivity contribution is 5.94. The summed E-state index contributed by atoms with van der Waals surface area (Å²) >= 11 is 0. The van der Waals surface area contributed by atoms with Crippen LogP contribution in [-0.2, 0) is 6.54 Å². The molecule has 1 aliphatic carbocycles. The second-order valence-electron chi connectivity index (χ2n) is 5.65. The molecule has 0 radical (unpaired) electrons. The van der Waals surface area contributed by atoms with Gasteiger partial charge in [-0.2, -0.15) is 0 Å². The molecule has 0 aliphatic heterocycles. The van der Waals surface area contributed by atoms with E-state index in [4.69, 9.17) is 5.73 Å². The van der Waals surface area contributed by atoms with E-state index in [1.807, 2.05) is 30.3 Å². The van der Waals surface area contributed by atoms with E-state index in [1.54, 1.807) is 0 Å². The molecule has 1 aliphatic rings. The fourth-order valence-corrected chi connectivity index (χ4v) is 2.79. The van der Waals surface area contributed by atoms with E-state index in [0.29, 0.717) is 18.0 Å². The fraction of sp³-hybridized carbons (Fsp3) is 0.278. The number of nitrogens with two attached hydrogens (primary N) is 1. The Bertz CT molecular complexity index is 607. The highest BCUT2D eigenvalue weighted by atomic mass is 35.5. The normalized spacial score (nSPS) is 19.7. The van der Waals surface area contributed by atoms with Crippen molar-refractivity contribution in [3.8, 4) is 0 Å². The second-order valence-corrected chi connectivity index (χ2v) is 5.65. The molecule has 0 unspecified atom stereocenters. The third-order valence-corrected chi connectivity index (χ3v) is 4.20. The number of hydrogen-bond donors (Lipinski definition) is 2. The number of rotatable bonds is 4. The molecule has 3 rings (SSSR count).